The van der Waals surface area contributed by atoms with Crippen molar-refractivity contribution >= 4 is 44.3 Å². The summed E-state index contributed by atoms with van der Waals surface area (Å²) in [6.45, 7) is 0.101. The molecule has 138 valence electrons. The van der Waals surface area contributed by atoms with E-state index in [1.54, 1.807) is 38.4 Å². The number of benzene rings is 2. The Morgan fingerprint density at radius 1 is 1.00 bits per heavy atom. The van der Waals surface area contributed by atoms with E-state index in [-0.39, 0.29) is 17.1 Å². The van der Waals surface area contributed by atoms with Crippen molar-refractivity contribution in [3.63, 3.8) is 0 Å². The summed E-state index contributed by atoms with van der Waals surface area (Å²) in [5, 5.41) is 0.889. The quantitative estimate of drug-likeness (QED) is 0.660. The normalized spacial score (nSPS) is 12.2. The predicted molar refractivity (Wildman–Crippen MR) is 103 cm³/mol. The Labute approximate surface area is 161 Å². The molecule has 2 aromatic carbocycles. The lowest BCUT2D eigenvalue weighted by Crippen LogP contribution is -2.26. The van der Waals surface area contributed by atoms with Crippen molar-refractivity contribution in [3.05, 3.63) is 62.5 Å². The molecule has 0 atom stereocenters. The average Bonchev–Trinajstić information content (AvgIpc) is 2.81. The van der Waals surface area contributed by atoms with Crippen LogP contribution in [0.3, 0.4) is 0 Å². The fraction of sp³-hybridized carbons (Fsp3) is 0.235. The van der Waals surface area contributed by atoms with Gasteiger partial charge in [-0.15, -0.1) is 0 Å². The largest absolute Gasteiger partial charge is 0.328 e. The second-order valence-corrected chi connectivity index (χ2v) is 8.94. The molecule has 3 aromatic rings. The SMILES string of the molecule is CN(Cc1ccc(Cl)cc1Cl)S(=O)(=O)c1ccc2c(c1)n(C)c(=O)n2C. The highest BCUT2D eigenvalue weighted by Crippen LogP contribution is 2.25. The van der Waals surface area contributed by atoms with Gasteiger partial charge in [0.15, 0.2) is 0 Å². The first-order valence-electron chi connectivity index (χ1n) is 7.68. The van der Waals surface area contributed by atoms with Crippen LogP contribution in [0.2, 0.25) is 10.0 Å². The molecule has 0 saturated heterocycles. The van der Waals surface area contributed by atoms with Gasteiger partial charge in [0.1, 0.15) is 0 Å². The monoisotopic (exact) mass is 413 g/mol. The molecule has 0 bridgehead atoms. The van der Waals surface area contributed by atoms with Crippen molar-refractivity contribution in [2.24, 2.45) is 14.1 Å². The van der Waals surface area contributed by atoms with Crippen molar-refractivity contribution in [1.29, 1.82) is 0 Å². The highest BCUT2D eigenvalue weighted by atomic mass is 35.5. The van der Waals surface area contributed by atoms with Crippen molar-refractivity contribution in [3.8, 4) is 0 Å². The van der Waals surface area contributed by atoms with Crippen LogP contribution in [0, 0.1) is 0 Å². The fourth-order valence-electron chi connectivity index (χ4n) is 2.80. The number of fused-ring (bicyclic) bond motifs is 1. The molecule has 0 fully saturated rings. The number of hydrogen-bond acceptors (Lipinski definition) is 3. The van der Waals surface area contributed by atoms with Gasteiger partial charge in [-0.3, -0.25) is 9.13 Å². The molecule has 0 aliphatic heterocycles. The minimum atomic E-state index is -3.76. The minimum Gasteiger partial charge on any atom is -0.295 e. The van der Waals surface area contributed by atoms with E-state index in [0.717, 1.165) is 0 Å². The highest BCUT2D eigenvalue weighted by Gasteiger charge is 2.23. The minimum absolute atomic E-state index is 0.101. The van der Waals surface area contributed by atoms with Crippen LogP contribution in [0.5, 0.6) is 0 Å². The van der Waals surface area contributed by atoms with Crippen LogP contribution in [-0.4, -0.2) is 28.9 Å². The van der Waals surface area contributed by atoms with Gasteiger partial charge >= 0.3 is 5.69 Å². The maximum absolute atomic E-state index is 12.9. The third-order valence-corrected chi connectivity index (χ3v) is 6.75. The fourth-order valence-corrected chi connectivity index (χ4v) is 4.44. The Bertz CT molecular complexity index is 1170. The number of aryl methyl sites for hydroxylation is 2. The Balaban J connectivity index is 2.00. The van der Waals surface area contributed by atoms with E-state index in [0.29, 0.717) is 26.6 Å². The lowest BCUT2D eigenvalue weighted by atomic mass is 10.2. The molecule has 0 aliphatic rings. The molecule has 0 saturated carbocycles. The van der Waals surface area contributed by atoms with Gasteiger partial charge < -0.3 is 0 Å². The maximum Gasteiger partial charge on any atom is 0.328 e. The number of sulfonamides is 1. The van der Waals surface area contributed by atoms with Crippen LogP contribution in [0.15, 0.2) is 46.1 Å². The van der Waals surface area contributed by atoms with Gasteiger partial charge in [-0.1, -0.05) is 29.3 Å². The molecule has 0 unspecified atom stereocenters. The second-order valence-electron chi connectivity index (χ2n) is 6.05. The van der Waals surface area contributed by atoms with E-state index in [1.165, 1.54) is 32.6 Å². The van der Waals surface area contributed by atoms with Gasteiger partial charge in [-0.05, 0) is 35.9 Å². The smallest absolute Gasteiger partial charge is 0.295 e. The van der Waals surface area contributed by atoms with E-state index in [9.17, 15) is 13.2 Å². The summed E-state index contributed by atoms with van der Waals surface area (Å²) in [4.78, 5) is 12.1. The van der Waals surface area contributed by atoms with Gasteiger partial charge in [-0.2, -0.15) is 4.31 Å². The molecule has 6 nitrogen and oxygen atoms in total. The zero-order valence-electron chi connectivity index (χ0n) is 14.4. The number of halogens is 2. The summed E-state index contributed by atoms with van der Waals surface area (Å²) in [6.07, 6.45) is 0. The van der Waals surface area contributed by atoms with Crippen molar-refractivity contribution in [2.75, 3.05) is 7.05 Å². The molecule has 9 heteroatoms. The molecule has 26 heavy (non-hydrogen) atoms. The van der Waals surface area contributed by atoms with Crippen LogP contribution in [0.1, 0.15) is 5.56 Å². The van der Waals surface area contributed by atoms with E-state index in [4.69, 9.17) is 23.2 Å². The summed E-state index contributed by atoms with van der Waals surface area (Å²) in [5.74, 6) is 0. The highest BCUT2D eigenvalue weighted by molar-refractivity contribution is 7.89. The van der Waals surface area contributed by atoms with Gasteiger partial charge in [0, 0.05) is 37.7 Å². The van der Waals surface area contributed by atoms with Gasteiger partial charge in [0.2, 0.25) is 10.0 Å². The predicted octanol–water partition coefficient (Wildman–Crippen LogP) is 3.00. The number of aromatic nitrogens is 2. The van der Waals surface area contributed by atoms with Gasteiger partial charge in [0.05, 0.1) is 15.9 Å². The van der Waals surface area contributed by atoms with Gasteiger partial charge in [-0.25, -0.2) is 13.2 Å². The van der Waals surface area contributed by atoms with Crippen molar-refractivity contribution in [1.82, 2.24) is 13.4 Å². The summed E-state index contributed by atoms with van der Waals surface area (Å²) in [7, 11) is 0.978. The number of imidazole rings is 1. The lowest BCUT2D eigenvalue weighted by Gasteiger charge is -2.18. The topological polar surface area (TPSA) is 64.3 Å². The first kappa shape index (κ1) is 19.0. The Morgan fingerprint density at radius 2 is 1.65 bits per heavy atom. The van der Waals surface area contributed by atoms with Crippen LogP contribution in [0.4, 0.5) is 0 Å². The standard InChI is InChI=1S/C17H17Cl2N3O3S/c1-20(10-11-4-5-12(18)8-14(11)19)26(24,25)13-6-7-15-16(9-13)22(3)17(23)21(15)2/h4-9H,10H2,1-3H3. The third kappa shape index (κ3) is 3.16. The average molecular weight is 414 g/mol. The summed E-state index contributed by atoms with van der Waals surface area (Å²) in [6, 6.07) is 9.57. The Hall–Kier alpha value is -1.80. The summed E-state index contributed by atoms with van der Waals surface area (Å²) < 4.78 is 30.0. The maximum atomic E-state index is 12.9. The number of hydrogen-bond donors (Lipinski definition) is 0. The molecule has 0 N–H and O–H groups in total. The summed E-state index contributed by atoms with van der Waals surface area (Å²) in [5.41, 5.74) is 1.66. The van der Waals surface area contributed by atoms with E-state index in [1.807, 2.05) is 0 Å². The molecule has 0 aliphatic carbocycles. The molecule has 0 amide bonds. The summed E-state index contributed by atoms with van der Waals surface area (Å²) >= 11 is 12.0. The third-order valence-electron chi connectivity index (χ3n) is 4.36. The van der Waals surface area contributed by atoms with Crippen molar-refractivity contribution in [2.45, 2.75) is 11.4 Å². The zero-order valence-corrected chi connectivity index (χ0v) is 16.7. The van der Waals surface area contributed by atoms with Crippen LogP contribution in [0.25, 0.3) is 11.0 Å². The second kappa shape index (κ2) is 6.74. The van der Waals surface area contributed by atoms with Crippen molar-refractivity contribution < 1.29 is 8.42 Å². The first-order chi connectivity index (χ1) is 12.1. The Kier molecular flexibility index (Phi) is 4.92. The molecule has 1 heterocycles. The van der Waals surface area contributed by atoms with E-state index >= 15 is 0 Å². The molecule has 0 radical (unpaired) electrons. The first-order valence-corrected chi connectivity index (χ1v) is 9.88. The van der Waals surface area contributed by atoms with Crippen LogP contribution in [-0.2, 0) is 30.7 Å². The number of rotatable bonds is 4. The number of nitrogens with zero attached hydrogens (tertiary/aromatic N) is 3. The molecule has 0 spiro atoms. The molecule has 1 aromatic heterocycles. The Morgan fingerprint density at radius 3 is 2.31 bits per heavy atom. The van der Waals surface area contributed by atoms with E-state index in [2.05, 4.69) is 0 Å². The lowest BCUT2D eigenvalue weighted by molar-refractivity contribution is 0.467. The van der Waals surface area contributed by atoms with Crippen LogP contribution < -0.4 is 5.69 Å². The van der Waals surface area contributed by atoms with Crippen LogP contribution >= 0.6 is 23.2 Å². The van der Waals surface area contributed by atoms with E-state index < -0.39 is 10.0 Å². The molecule has 3 rings (SSSR count). The zero-order chi connectivity index (χ0) is 19.2. The molecular weight excluding hydrogens is 397 g/mol. The van der Waals surface area contributed by atoms with Gasteiger partial charge in [0.25, 0.3) is 0 Å². The molecular formula is C17H17Cl2N3O3S.